The lowest BCUT2D eigenvalue weighted by Gasteiger charge is -2.25. The number of nitrogens with one attached hydrogen (secondary N) is 1. The van der Waals surface area contributed by atoms with Crippen LogP contribution < -0.4 is 5.32 Å². The smallest absolute Gasteiger partial charge is 0.276 e. The van der Waals surface area contributed by atoms with Gasteiger partial charge in [0.05, 0.1) is 18.0 Å². The first kappa shape index (κ1) is 15.7. The minimum absolute atomic E-state index is 0.0229. The van der Waals surface area contributed by atoms with Crippen molar-refractivity contribution in [3.63, 3.8) is 0 Å². The second kappa shape index (κ2) is 6.23. The zero-order valence-electron chi connectivity index (χ0n) is 13.9. The zero-order valence-corrected chi connectivity index (χ0v) is 14.7. The van der Waals surface area contributed by atoms with Gasteiger partial charge in [-0.25, -0.2) is 0 Å². The number of thiophene rings is 1. The summed E-state index contributed by atoms with van der Waals surface area (Å²) in [4.78, 5) is 9.45. The van der Waals surface area contributed by atoms with E-state index in [1.165, 1.54) is 10.4 Å². The molecule has 1 atom stereocenters. The van der Waals surface area contributed by atoms with Crippen molar-refractivity contribution >= 4 is 33.1 Å². The van der Waals surface area contributed by atoms with Crippen LogP contribution >= 0.6 is 11.3 Å². The van der Waals surface area contributed by atoms with E-state index < -0.39 is 0 Å². The molecule has 0 amide bonds. The molecule has 0 bridgehead atoms. The normalized spacial score (nSPS) is 16.6. The summed E-state index contributed by atoms with van der Waals surface area (Å²) in [6.07, 6.45) is 1.83. The number of tetrazole rings is 1. The highest BCUT2D eigenvalue weighted by molar-refractivity contribution is 7.19. The van der Waals surface area contributed by atoms with Gasteiger partial charge in [0, 0.05) is 18.0 Å². The van der Waals surface area contributed by atoms with Gasteiger partial charge in [-0.2, -0.15) is 9.50 Å². The summed E-state index contributed by atoms with van der Waals surface area (Å²) in [5.74, 6) is 1.28. The number of fused-ring (bicyclic) bond motifs is 5. The number of likely N-dealkylation sites (N-methyl/N-ethyl adjacent to an activating group) is 1. The fourth-order valence-electron chi connectivity index (χ4n) is 3.22. The average molecular weight is 347 g/mol. The third-order valence-corrected chi connectivity index (χ3v) is 5.90. The maximum absolute atomic E-state index is 9.55. The highest BCUT2D eigenvalue weighted by atomic mass is 32.1. The van der Waals surface area contributed by atoms with E-state index in [2.05, 4.69) is 37.6 Å². The minimum atomic E-state index is -0.0229. The van der Waals surface area contributed by atoms with E-state index in [1.54, 1.807) is 15.9 Å². The number of anilines is 1. The Morgan fingerprint density at radius 1 is 1.38 bits per heavy atom. The Morgan fingerprint density at radius 2 is 2.25 bits per heavy atom. The van der Waals surface area contributed by atoms with E-state index in [0.29, 0.717) is 5.78 Å². The van der Waals surface area contributed by atoms with Crippen LogP contribution in [0.3, 0.4) is 0 Å². The highest BCUT2D eigenvalue weighted by Crippen LogP contribution is 2.38. The Labute approximate surface area is 143 Å². The molecule has 0 saturated carbocycles. The van der Waals surface area contributed by atoms with E-state index in [1.807, 2.05) is 6.92 Å². The second-order valence-electron chi connectivity index (χ2n) is 6.09. The van der Waals surface area contributed by atoms with Crippen LogP contribution in [0.2, 0.25) is 0 Å². The number of rotatable bonds is 5. The minimum Gasteiger partial charge on any atom is -0.394 e. The SMILES string of the molecule is CCC(CO)Nc1nc2nnnn2c2sc3c(c12)CCN(CC)C3. The van der Waals surface area contributed by atoms with Gasteiger partial charge < -0.3 is 10.4 Å². The predicted molar refractivity (Wildman–Crippen MR) is 93.4 cm³/mol. The van der Waals surface area contributed by atoms with Gasteiger partial charge in [0.2, 0.25) is 0 Å². The highest BCUT2D eigenvalue weighted by Gasteiger charge is 2.25. The lowest BCUT2D eigenvalue weighted by molar-refractivity contribution is 0.271. The Bertz CT molecular complexity index is 870. The van der Waals surface area contributed by atoms with Gasteiger partial charge in [0.25, 0.3) is 5.78 Å². The molecular formula is C15H21N7OS. The fourth-order valence-corrected chi connectivity index (χ4v) is 4.55. The second-order valence-corrected chi connectivity index (χ2v) is 7.17. The Morgan fingerprint density at radius 3 is 3.00 bits per heavy atom. The number of aliphatic hydroxyl groups excluding tert-OH is 1. The molecular weight excluding hydrogens is 326 g/mol. The summed E-state index contributed by atoms with van der Waals surface area (Å²) in [6.45, 7) is 7.39. The molecule has 0 saturated heterocycles. The van der Waals surface area contributed by atoms with E-state index in [-0.39, 0.29) is 12.6 Å². The van der Waals surface area contributed by atoms with Crippen LogP contribution in [0.5, 0.6) is 0 Å². The van der Waals surface area contributed by atoms with Crippen molar-refractivity contribution in [2.24, 2.45) is 0 Å². The van der Waals surface area contributed by atoms with E-state index >= 15 is 0 Å². The lowest BCUT2D eigenvalue weighted by Crippen LogP contribution is -2.29. The first-order valence-electron chi connectivity index (χ1n) is 8.37. The fraction of sp³-hybridized carbons (Fsp3) is 0.600. The van der Waals surface area contributed by atoms with Crippen LogP contribution in [-0.2, 0) is 13.0 Å². The van der Waals surface area contributed by atoms with Crippen molar-refractivity contribution < 1.29 is 5.11 Å². The first-order valence-corrected chi connectivity index (χ1v) is 9.18. The molecule has 0 radical (unpaired) electrons. The molecule has 4 heterocycles. The Balaban J connectivity index is 1.91. The lowest BCUT2D eigenvalue weighted by atomic mass is 10.0. The standard InChI is InChI=1S/C15H21N7OS/c1-3-9(8-23)16-13-12-10-5-6-21(4-2)7-11(10)24-14(12)22-15(17-13)18-19-20-22/h9,23H,3-8H2,1-2H3,(H,16,17,18,20). The summed E-state index contributed by atoms with van der Waals surface area (Å²) >= 11 is 1.75. The molecule has 8 nitrogen and oxygen atoms in total. The maximum atomic E-state index is 9.55. The van der Waals surface area contributed by atoms with Crippen molar-refractivity contribution in [3.8, 4) is 0 Å². The van der Waals surface area contributed by atoms with Crippen LogP contribution in [0.25, 0.3) is 16.0 Å². The van der Waals surface area contributed by atoms with Crippen LogP contribution in [0.15, 0.2) is 0 Å². The van der Waals surface area contributed by atoms with Gasteiger partial charge >= 0.3 is 0 Å². The molecule has 128 valence electrons. The van der Waals surface area contributed by atoms with E-state index in [4.69, 9.17) is 0 Å². The molecule has 0 fully saturated rings. The van der Waals surface area contributed by atoms with Crippen molar-refractivity contribution in [1.82, 2.24) is 29.9 Å². The summed E-state index contributed by atoms with van der Waals surface area (Å²) < 4.78 is 1.72. The predicted octanol–water partition coefficient (Wildman–Crippen LogP) is 1.29. The molecule has 1 aliphatic heterocycles. The molecule has 0 aliphatic carbocycles. The van der Waals surface area contributed by atoms with Gasteiger partial charge in [-0.1, -0.05) is 18.9 Å². The van der Waals surface area contributed by atoms with Crippen molar-refractivity contribution in [3.05, 3.63) is 10.4 Å². The Hall–Kier alpha value is -1.84. The molecule has 1 unspecified atom stereocenters. The van der Waals surface area contributed by atoms with Gasteiger partial charge in [-0.15, -0.1) is 11.3 Å². The van der Waals surface area contributed by atoms with Crippen molar-refractivity contribution in [2.75, 3.05) is 25.0 Å². The third-order valence-electron chi connectivity index (χ3n) is 4.71. The van der Waals surface area contributed by atoms with Gasteiger partial charge in [0.1, 0.15) is 10.6 Å². The third kappa shape index (κ3) is 2.43. The van der Waals surface area contributed by atoms with Crippen LogP contribution in [0, 0.1) is 0 Å². The molecule has 2 N–H and O–H groups in total. The number of aliphatic hydroxyl groups is 1. The molecule has 9 heteroatoms. The summed E-state index contributed by atoms with van der Waals surface area (Å²) in [7, 11) is 0. The van der Waals surface area contributed by atoms with Gasteiger partial charge in [-0.05, 0) is 35.4 Å². The quantitative estimate of drug-likeness (QED) is 0.718. The molecule has 3 aromatic heterocycles. The summed E-state index contributed by atoms with van der Waals surface area (Å²) in [6, 6.07) is -0.0229. The topological polar surface area (TPSA) is 91.5 Å². The Kier molecular flexibility index (Phi) is 4.07. The molecule has 3 aromatic rings. The van der Waals surface area contributed by atoms with Crippen LogP contribution in [0.1, 0.15) is 30.7 Å². The van der Waals surface area contributed by atoms with E-state index in [0.717, 1.165) is 48.5 Å². The molecule has 24 heavy (non-hydrogen) atoms. The molecule has 1 aliphatic rings. The van der Waals surface area contributed by atoms with Crippen molar-refractivity contribution in [1.29, 1.82) is 0 Å². The number of hydrogen-bond acceptors (Lipinski definition) is 8. The molecule has 4 rings (SSSR count). The number of aromatic nitrogens is 5. The average Bonchev–Trinajstić information content (AvgIpc) is 3.22. The zero-order chi connectivity index (χ0) is 16.7. The van der Waals surface area contributed by atoms with Gasteiger partial charge in [-0.3, -0.25) is 4.90 Å². The van der Waals surface area contributed by atoms with Crippen LogP contribution in [-0.4, -0.2) is 60.8 Å². The van der Waals surface area contributed by atoms with Crippen LogP contribution in [0.4, 0.5) is 5.82 Å². The summed E-state index contributed by atoms with van der Waals surface area (Å²) in [5, 5.41) is 25.9. The monoisotopic (exact) mass is 347 g/mol. The van der Waals surface area contributed by atoms with E-state index in [9.17, 15) is 5.11 Å². The molecule has 0 spiro atoms. The number of nitrogens with zero attached hydrogens (tertiary/aromatic N) is 6. The largest absolute Gasteiger partial charge is 0.394 e. The summed E-state index contributed by atoms with van der Waals surface area (Å²) in [5.41, 5.74) is 1.35. The maximum Gasteiger partial charge on any atom is 0.276 e. The van der Waals surface area contributed by atoms with Crippen molar-refractivity contribution in [2.45, 2.75) is 39.3 Å². The number of hydrogen-bond donors (Lipinski definition) is 2. The van der Waals surface area contributed by atoms with Gasteiger partial charge in [0.15, 0.2) is 0 Å². The molecule has 0 aromatic carbocycles. The first-order chi connectivity index (χ1) is 11.7.